The molecule has 350 valence electrons. The highest BCUT2D eigenvalue weighted by Gasteiger charge is 2.55. The number of nitrogens with zero attached hydrogens (tertiary/aromatic N) is 2. The molecule has 5 rings (SSSR count). The number of hydrogen-bond donors (Lipinski definition) is 14. The molecule has 13 atom stereocenters. The number of primary amides is 2. The molecule has 0 aliphatic carbocycles. The molecule has 1 aromatic rings. The largest absolute Gasteiger partial charge is 0.462 e. The van der Waals surface area contributed by atoms with Crippen LogP contribution in [0.5, 0.6) is 5.75 Å². The first kappa shape index (κ1) is 48.5. The van der Waals surface area contributed by atoms with E-state index in [1.807, 2.05) is 0 Å². The third-order valence-electron chi connectivity index (χ3n) is 10.6. The Bertz CT molecular complexity index is 1790. The van der Waals surface area contributed by atoms with Crippen molar-refractivity contribution < 1.29 is 63.0 Å². The number of hydrogen-bond acceptors (Lipinski definition) is 16. The van der Waals surface area contributed by atoms with Gasteiger partial charge >= 0.3 is 24.1 Å². The molecule has 0 aromatic heterocycles. The van der Waals surface area contributed by atoms with Crippen LogP contribution in [0.4, 0.5) is 19.2 Å². The SMILES string of the molecule is CC1OC(Oc2ccc(/C=C/C(=O)NCCCNCCCCN)cc2)C(N=C(N)N)C(O)C1NC(=O)NC1OCC(OC2OCC(O)C3NC(=O)N(C(N)=O)C23)C(O)C1NC(N)=O. The van der Waals surface area contributed by atoms with Crippen LogP contribution in [0.25, 0.3) is 6.08 Å². The van der Waals surface area contributed by atoms with Gasteiger partial charge in [-0.2, -0.15) is 0 Å². The number of aliphatic imine (C=N–C) groups is 1. The Morgan fingerprint density at radius 2 is 1.65 bits per heavy atom. The van der Waals surface area contributed by atoms with Gasteiger partial charge in [0.05, 0.1) is 37.5 Å². The molecule has 0 saturated carbocycles. The highest BCUT2D eigenvalue weighted by atomic mass is 16.7. The van der Waals surface area contributed by atoms with Crippen molar-refractivity contribution in [1.29, 1.82) is 0 Å². The molecule has 4 aliphatic heterocycles. The average molecular weight is 894 g/mol. The topological polar surface area (TPSA) is 410 Å². The van der Waals surface area contributed by atoms with Gasteiger partial charge < -0.3 is 99.6 Å². The van der Waals surface area contributed by atoms with Crippen molar-refractivity contribution >= 4 is 42.1 Å². The molecule has 0 bridgehead atoms. The summed E-state index contributed by atoms with van der Waals surface area (Å²) >= 11 is 0. The van der Waals surface area contributed by atoms with Crippen molar-refractivity contribution in [3.8, 4) is 5.75 Å². The molecule has 63 heavy (non-hydrogen) atoms. The number of ether oxygens (including phenoxy) is 5. The Morgan fingerprint density at radius 3 is 2.33 bits per heavy atom. The van der Waals surface area contributed by atoms with E-state index < -0.39 is 116 Å². The van der Waals surface area contributed by atoms with Crippen LogP contribution >= 0.6 is 0 Å². The Labute approximate surface area is 361 Å². The standard InChI is InChI=1S/C37H59N13O13/c1-17-23(29(54)26(45-33(39)40)31(61-17)62-19-8-5-18(6-9-19)7-10-22(52)44-14-4-13-43-12-3-2-11-38)47-36(57)49-30-25(46-34(41)55)28(53)21(16-59-30)63-32-27-24(20(51)15-60-32)48-37(58)50(27)35(42)56/h5-10,17,20-21,23-32,43,51,53-54H,2-4,11-16,38H2,1H3,(H2,42,56)(H,44,52)(H,48,58)(H4,39,40,45)(H3,41,46,55)(H2,47,49,57)/b10-7+. The second-order valence-corrected chi connectivity index (χ2v) is 15.2. The van der Waals surface area contributed by atoms with Gasteiger partial charge in [-0.05, 0) is 69.6 Å². The number of imide groups is 1. The van der Waals surface area contributed by atoms with Gasteiger partial charge in [-0.25, -0.2) is 29.1 Å². The van der Waals surface area contributed by atoms with Gasteiger partial charge in [0, 0.05) is 12.6 Å². The number of fused-ring (bicyclic) bond motifs is 1. The van der Waals surface area contributed by atoms with Crippen molar-refractivity contribution in [3.63, 3.8) is 0 Å². The van der Waals surface area contributed by atoms with Gasteiger partial charge in [-0.3, -0.25) is 4.79 Å². The fraction of sp³-hybridized carbons (Fsp3) is 0.622. The Hall–Kier alpha value is -5.58. The van der Waals surface area contributed by atoms with E-state index in [1.165, 1.54) is 6.08 Å². The van der Waals surface area contributed by atoms with Crippen LogP contribution in [-0.2, 0) is 23.7 Å². The van der Waals surface area contributed by atoms with Crippen LogP contribution in [0.1, 0.15) is 31.7 Å². The minimum Gasteiger partial charge on any atom is -0.462 e. The number of nitrogens with two attached hydrogens (primary N) is 5. The lowest BCUT2D eigenvalue weighted by Crippen LogP contribution is -2.69. The Balaban J connectivity index is 1.15. The summed E-state index contributed by atoms with van der Waals surface area (Å²) in [5.41, 5.74) is 28.3. The van der Waals surface area contributed by atoms with E-state index in [4.69, 9.17) is 52.4 Å². The fourth-order valence-electron chi connectivity index (χ4n) is 7.46. The van der Waals surface area contributed by atoms with E-state index in [0.29, 0.717) is 29.3 Å². The lowest BCUT2D eigenvalue weighted by atomic mass is 9.95. The highest BCUT2D eigenvalue weighted by molar-refractivity contribution is 5.95. The van der Waals surface area contributed by atoms with Crippen LogP contribution in [0.3, 0.4) is 0 Å². The van der Waals surface area contributed by atoms with Crippen LogP contribution in [0.15, 0.2) is 35.3 Å². The highest BCUT2D eigenvalue weighted by Crippen LogP contribution is 2.30. The number of aliphatic hydroxyl groups excluding tert-OH is 3. The van der Waals surface area contributed by atoms with Gasteiger partial charge in [0.1, 0.15) is 42.2 Å². The quantitative estimate of drug-likeness (QED) is 0.0284. The maximum atomic E-state index is 13.4. The molecule has 0 radical (unpaired) electrons. The molecule has 1 aromatic carbocycles. The lowest BCUT2D eigenvalue weighted by Gasteiger charge is -2.44. The summed E-state index contributed by atoms with van der Waals surface area (Å²) in [5, 5.41) is 49.1. The first-order valence-electron chi connectivity index (χ1n) is 20.4. The summed E-state index contributed by atoms with van der Waals surface area (Å²) in [6.45, 7) is 3.66. The van der Waals surface area contributed by atoms with Crippen LogP contribution in [0, 0.1) is 0 Å². The zero-order chi connectivity index (χ0) is 45.8. The molecule has 4 aliphatic rings. The van der Waals surface area contributed by atoms with Crippen LogP contribution in [-0.4, -0.2) is 175 Å². The molecule has 9 amide bonds. The number of guanidine groups is 1. The first-order valence-corrected chi connectivity index (χ1v) is 20.4. The first-order chi connectivity index (χ1) is 30.1. The monoisotopic (exact) mass is 893 g/mol. The minimum atomic E-state index is -1.64. The predicted molar refractivity (Wildman–Crippen MR) is 221 cm³/mol. The normalized spacial score (nSPS) is 31.6. The van der Waals surface area contributed by atoms with Gasteiger partial charge in [0.25, 0.3) is 0 Å². The van der Waals surface area contributed by atoms with E-state index in [9.17, 15) is 39.3 Å². The van der Waals surface area contributed by atoms with Gasteiger partial charge in [-0.15, -0.1) is 0 Å². The smallest absolute Gasteiger partial charge is 0.326 e. The molecule has 0 spiro atoms. The van der Waals surface area contributed by atoms with Crippen molar-refractivity contribution in [3.05, 3.63) is 35.9 Å². The van der Waals surface area contributed by atoms with Crippen LogP contribution in [0.2, 0.25) is 0 Å². The molecule has 13 unspecified atom stereocenters. The van der Waals surface area contributed by atoms with E-state index in [2.05, 4.69) is 36.9 Å². The third-order valence-corrected chi connectivity index (χ3v) is 10.6. The molecule has 26 heteroatoms. The lowest BCUT2D eigenvalue weighted by molar-refractivity contribution is -0.268. The zero-order valence-electron chi connectivity index (χ0n) is 34.5. The van der Waals surface area contributed by atoms with E-state index >= 15 is 0 Å². The van der Waals surface area contributed by atoms with E-state index in [0.717, 1.165) is 32.4 Å². The molecule has 19 N–H and O–H groups in total. The number of nitrogens with one attached hydrogen (secondary N) is 6. The Kier molecular flexibility index (Phi) is 17.4. The maximum absolute atomic E-state index is 13.4. The van der Waals surface area contributed by atoms with Gasteiger partial charge in [0.2, 0.25) is 12.2 Å². The number of unbranched alkanes of at least 4 members (excludes halogenated alkanes) is 1. The molecule has 26 nitrogen and oxygen atoms in total. The fourth-order valence-corrected chi connectivity index (χ4v) is 7.46. The number of rotatable bonds is 18. The average Bonchev–Trinajstić information content (AvgIpc) is 3.60. The number of benzene rings is 1. The summed E-state index contributed by atoms with van der Waals surface area (Å²) in [7, 11) is 0. The summed E-state index contributed by atoms with van der Waals surface area (Å²) in [4.78, 5) is 67.0. The van der Waals surface area contributed by atoms with E-state index in [-0.39, 0.29) is 12.5 Å². The minimum absolute atomic E-state index is 0.243. The predicted octanol–water partition coefficient (Wildman–Crippen LogP) is -4.97. The third kappa shape index (κ3) is 13.0. The van der Waals surface area contributed by atoms with Crippen molar-refractivity contribution in [2.75, 3.05) is 39.4 Å². The Morgan fingerprint density at radius 1 is 0.921 bits per heavy atom. The van der Waals surface area contributed by atoms with Gasteiger partial charge in [-0.1, -0.05) is 12.1 Å². The number of urea groups is 4. The molecule has 4 heterocycles. The summed E-state index contributed by atoms with van der Waals surface area (Å²) in [5.74, 6) is -0.335. The summed E-state index contributed by atoms with van der Waals surface area (Å²) < 4.78 is 29.3. The van der Waals surface area contributed by atoms with Crippen molar-refractivity contribution in [2.24, 2.45) is 33.7 Å². The molecular weight excluding hydrogens is 834 g/mol. The number of aliphatic hydroxyl groups is 3. The van der Waals surface area contributed by atoms with E-state index in [1.54, 1.807) is 37.3 Å². The van der Waals surface area contributed by atoms with Crippen molar-refractivity contribution in [2.45, 2.75) is 106 Å². The second kappa shape index (κ2) is 22.7. The van der Waals surface area contributed by atoms with Crippen LogP contribution < -0.4 is 65.3 Å². The second-order valence-electron chi connectivity index (χ2n) is 15.2. The summed E-state index contributed by atoms with van der Waals surface area (Å²) in [6, 6.07) is -3.56. The molecule has 4 fully saturated rings. The number of amides is 9. The summed E-state index contributed by atoms with van der Waals surface area (Å²) in [6.07, 6.45) is -4.85. The maximum Gasteiger partial charge on any atom is 0.326 e. The molecular formula is C37H59N13O13. The number of carbonyl (C=O) groups excluding carboxylic acids is 5. The van der Waals surface area contributed by atoms with Gasteiger partial charge in [0.15, 0.2) is 18.5 Å². The number of carbonyl (C=O) groups is 5. The van der Waals surface area contributed by atoms with Crippen molar-refractivity contribution in [1.82, 2.24) is 36.8 Å². The zero-order valence-corrected chi connectivity index (χ0v) is 34.5. The molecule has 4 saturated heterocycles.